The van der Waals surface area contributed by atoms with Gasteiger partial charge in [0.15, 0.2) is 0 Å². The molecule has 2 amide bonds. The molecule has 0 radical (unpaired) electrons. The van der Waals surface area contributed by atoms with Gasteiger partial charge in [0.1, 0.15) is 24.1 Å². The SMILES string of the molecule is COc1ccc(CN(C(=O)CN(c2ccc(OC)cc2)S(=O)(=O)c2ccc(C)cc2)C(C)C(=O)NCC(C)C)cc1. The van der Waals surface area contributed by atoms with Crippen molar-refractivity contribution in [3.63, 3.8) is 0 Å². The summed E-state index contributed by atoms with van der Waals surface area (Å²) in [4.78, 5) is 28.5. The summed E-state index contributed by atoms with van der Waals surface area (Å²) in [5.74, 6) is 0.577. The smallest absolute Gasteiger partial charge is 0.264 e. The lowest BCUT2D eigenvalue weighted by Gasteiger charge is -2.32. The van der Waals surface area contributed by atoms with Crippen LogP contribution in [0, 0.1) is 12.8 Å². The first kappa shape index (κ1) is 31.5. The summed E-state index contributed by atoms with van der Waals surface area (Å²) in [5.41, 5.74) is 1.96. The number of methoxy groups -OCH3 is 2. The lowest BCUT2D eigenvalue weighted by molar-refractivity contribution is -0.139. The van der Waals surface area contributed by atoms with Crippen LogP contribution in [0.4, 0.5) is 5.69 Å². The normalized spacial score (nSPS) is 12.0. The van der Waals surface area contributed by atoms with Gasteiger partial charge in [-0.25, -0.2) is 8.42 Å². The molecule has 0 saturated heterocycles. The first-order valence-electron chi connectivity index (χ1n) is 13.4. The number of rotatable bonds is 13. The molecule has 9 nitrogen and oxygen atoms in total. The summed E-state index contributed by atoms with van der Waals surface area (Å²) in [7, 11) is -1.06. The molecule has 1 unspecified atom stereocenters. The van der Waals surface area contributed by atoms with Gasteiger partial charge in [0, 0.05) is 13.1 Å². The molecular weight excluding hydrogens is 542 g/mol. The van der Waals surface area contributed by atoms with Gasteiger partial charge in [0.05, 0.1) is 24.8 Å². The van der Waals surface area contributed by atoms with E-state index in [-0.39, 0.29) is 23.3 Å². The molecule has 3 aromatic carbocycles. The summed E-state index contributed by atoms with van der Waals surface area (Å²) < 4.78 is 39.3. The number of carbonyl (C=O) groups is 2. The number of hydrogen-bond acceptors (Lipinski definition) is 6. The Morgan fingerprint density at radius 2 is 1.37 bits per heavy atom. The second-order valence-electron chi connectivity index (χ2n) is 10.2. The number of carbonyl (C=O) groups excluding carboxylic acids is 2. The van der Waals surface area contributed by atoms with Crippen molar-refractivity contribution < 1.29 is 27.5 Å². The summed E-state index contributed by atoms with van der Waals surface area (Å²) in [6.07, 6.45) is 0. The molecule has 0 aliphatic rings. The van der Waals surface area contributed by atoms with Crippen LogP contribution in [0.2, 0.25) is 0 Å². The maximum atomic E-state index is 14.0. The van der Waals surface area contributed by atoms with E-state index in [4.69, 9.17) is 9.47 Å². The number of hydrogen-bond donors (Lipinski definition) is 1. The maximum Gasteiger partial charge on any atom is 0.264 e. The monoisotopic (exact) mass is 581 g/mol. The highest BCUT2D eigenvalue weighted by Gasteiger charge is 2.32. The quantitative estimate of drug-likeness (QED) is 0.321. The van der Waals surface area contributed by atoms with Gasteiger partial charge in [0.25, 0.3) is 10.0 Å². The summed E-state index contributed by atoms with van der Waals surface area (Å²) in [5, 5.41) is 2.88. The highest BCUT2D eigenvalue weighted by molar-refractivity contribution is 7.92. The van der Waals surface area contributed by atoms with E-state index in [1.165, 1.54) is 24.1 Å². The number of benzene rings is 3. The fourth-order valence-corrected chi connectivity index (χ4v) is 5.49. The lowest BCUT2D eigenvalue weighted by atomic mass is 10.1. The van der Waals surface area contributed by atoms with Crippen molar-refractivity contribution >= 4 is 27.5 Å². The number of ether oxygens (including phenoxy) is 2. The van der Waals surface area contributed by atoms with Crippen LogP contribution in [0.25, 0.3) is 0 Å². The third-order valence-corrected chi connectivity index (χ3v) is 8.40. The molecule has 3 aromatic rings. The molecule has 0 saturated carbocycles. The Morgan fingerprint density at radius 3 is 1.88 bits per heavy atom. The standard InChI is InChI=1S/C31H39N3O6S/c1-22(2)19-32-31(36)24(4)33(20-25-9-13-27(39-5)14-10-25)30(35)21-34(26-11-15-28(40-6)16-12-26)41(37,38)29-17-7-23(3)8-18-29/h7-18,22,24H,19-21H2,1-6H3,(H,32,36). The second-order valence-corrected chi connectivity index (χ2v) is 12.1. The molecule has 0 aliphatic heterocycles. The van der Waals surface area contributed by atoms with E-state index in [1.54, 1.807) is 62.6 Å². The van der Waals surface area contributed by atoms with Gasteiger partial charge in [-0.05, 0) is 73.9 Å². The largest absolute Gasteiger partial charge is 0.497 e. The van der Waals surface area contributed by atoms with Gasteiger partial charge in [-0.3, -0.25) is 13.9 Å². The second kappa shape index (κ2) is 14.0. The molecule has 0 heterocycles. The van der Waals surface area contributed by atoms with E-state index in [0.717, 1.165) is 15.4 Å². The van der Waals surface area contributed by atoms with Gasteiger partial charge in [-0.1, -0.05) is 43.7 Å². The van der Waals surface area contributed by atoms with Crippen molar-refractivity contribution in [2.45, 2.75) is 45.2 Å². The predicted molar refractivity (Wildman–Crippen MR) is 160 cm³/mol. The average Bonchev–Trinajstić information content (AvgIpc) is 2.97. The number of amides is 2. The van der Waals surface area contributed by atoms with Crippen LogP contribution < -0.4 is 19.1 Å². The van der Waals surface area contributed by atoms with Crippen LogP contribution >= 0.6 is 0 Å². The van der Waals surface area contributed by atoms with Gasteiger partial charge >= 0.3 is 0 Å². The number of aryl methyl sites for hydroxylation is 1. The molecule has 220 valence electrons. The first-order valence-corrected chi connectivity index (χ1v) is 14.8. The van der Waals surface area contributed by atoms with Crippen molar-refractivity contribution in [2.24, 2.45) is 5.92 Å². The molecule has 0 aliphatic carbocycles. The number of sulfonamides is 1. The Morgan fingerprint density at radius 1 is 0.829 bits per heavy atom. The number of nitrogens with zero attached hydrogens (tertiary/aromatic N) is 2. The molecule has 3 rings (SSSR count). The Bertz CT molecular complexity index is 1410. The molecule has 41 heavy (non-hydrogen) atoms. The number of anilines is 1. The molecule has 1 atom stereocenters. The molecule has 10 heteroatoms. The molecule has 0 spiro atoms. The molecule has 0 bridgehead atoms. The van der Waals surface area contributed by atoms with Gasteiger partial charge < -0.3 is 19.7 Å². The van der Waals surface area contributed by atoms with E-state index in [2.05, 4.69) is 5.32 Å². The summed E-state index contributed by atoms with van der Waals surface area (Å²) >= 11 is 0. The zero-order chi connectivity index (χ0) is 30.2. The fourth-order valence-electron chi connectivity index (χ4n) is 4.08. The summed E-state index contributed by atoms with van der Waals surface area (Å²) in [6.45, 7) is 7.50. The Kier molecular flexibility index (Phi) is 10.8. The van der Waals surface area contributed by atoms with Crippen LogP contribution in [0.3, 0.4) is 0 Å². The zero-order valence-electron chi connectivity index (χ0n) is 24.5. The number of nitrogens with one attached hydrogen (secondary N) is 1. The maximum absolute atomic E-state index is 14.0. The lowest BCUT2D eigenvalue weighted by Crippen LogP contribution is -2.51. The third kappa shape index (κ3) is 8.23. The molecular formula is C31H39N3O6S. The minimum absolute atomic E-state index is 0.0520. The molecule has 0 fully saturated rings. The highest BCUT2D eigenvalue weighted by atomic mass is 32.2. The minimum Gasteiger partial charge on any atom is -0.497 e. The van der Waals surface area contributed by atoms with E-state index >= 15 is 0 Å². The highest BCUT2D eigenvalue weighted by Crippen LogP contribution is 2.27. The van der Waals surface area contributed by atoms with Crippen LogP contribution in [-0.2, 0) is 26.2 Å². The van der Waals surface area contributed by atoms with E-state index in [9.17, 15) is 18.0 Å². The van der Waals surface area contributed by atoms with Crippen molar-refractivity contribution in [1.82, 2.24) is 10.2 Å². The van der Waals surface area contributed by atoms with Gasteiger partial charge in [-0.15, -0.1) is 0 Å². The van der Waals surface area contributed by atoms with E-state index in [0.29, 0.717) is 23.7 Å². The average molecular weight is 582 g/mol. The van der Waals surface area contributed by atoms with Gasteiger partial charge in [-0.2, -0.15) is 0 Å². The molecule has 0 aromatic heterocycles. The van der Waals surface area contributed by atoms with Crippen molar-refractivity contribution in [3.05, 3.63) is 83.9 Å². The van der Waals surface area contributed by atoms with Gasteiger partial charge in [0.2, 0.25) is 11.8 Å². The topological polar surface area (TPSA) is 105 Å². The molecule has 1 N–H and O–H groups in total. The Hall–Kier alpha value is -4.05. The fraction of sp³-hybridized carbons (Fsp3) is 0.355. The third-order valence-electron chi connectivity index (χ3n) is 6.61. The van der Waals surface area contributed by atoms with E-state index < -0.39 is 28.5 Å². The van der Waals surface area contributed by atoms with Crippen molar-refractivity contribution in [1.29, 1.82) is 0 Å². The van der Waals surface area contributed by atoms with Crippen LogP contribution in [0.5, 0.6) is 11.5 Å². The van der Waals surface area contributed by atoms with Crippen LogP contribution in [0.1, 0.15) is 31.9 Å². The Labute approximate surface area is 243 Å². The zero-order valence-corrected chi connectivity index (χ0v) is 25.3. The first-order chi connectivity index (χ1) is 19.5. The Balaban J connectivity index is 2.01. The summed E-state index contributed by atoms with van der Waals surface area (Å²) in [6, 6.07) is 19.2. The van der Waals surface area contributed by atoms with E-state index in [1.807, 2.05) is 32.9 Å². The predicted octanol–water partition coefficient (Wildman–Crippen LogP) is 4.40. The van der Waals surface area contributed by atoms with Crippen molar-refractivity contribution in [3.8, 4) is 11.5 Å². The van der Waals surface area contributed by atoms with Crippen molar-refractivity contribution in [2.75, 3.05) is 31.6 Å². The van der Waals surface area contributed by atoms with Crippen LogP contribution in [0.15, 0.2) is 77.7 Å². The minimum atomic E-state index is -4.14. The van der Waals surface area contributed by atoms with Crippen LogP contribution in [-0.4, -0.2) is 58.5 Å².